The summed E-state index contributed by atoms with van der Waals surface area (Å²) in [7, 11) is 0. The van der Waals surface area contributed by atoms with Gasteiger partial charge >= 0.3 is 5.91 Å². The summed E-state index contributed by atoms with van der Waals surface area (Å²) in [6, 6.07) is 17.2. The first-order valence-electron chi connectivity index (χ1n) is 13.4. The van der Waals surface area contributed by atoms with Crippen LogP contribution < -0.4 is 26.4 Å². The fraction of sp³-hybridized carbons (Fsp3) is 0.321. The average Bonchev–Trinajstić information content (AvgIpc) is 3.72. The molecule has 2 aromatic carbocycles. The van der Waals surface area contributed by atoms with Gasteiger partial charge in [-0.2, -0.15) is 10.5 Å². The van der Waals surface area contributed by atoms with Crippen LogP contribution in [0, 0.1) is 5.92 Å². The first kappa shape index (κ1) is 26.1. The number of hydrogen-bond donors (Lipinski definition) is 4. The Morgan fingerprint density at radius 1 is 1.10 bits per heavy atom. The van der Waals surface area contributed by atoms with E-state index in [2.05, 4.69) is 21.0 Å². The number of quaternary nitrogens is 1. The van der Waals surface area contributed by atoms with Gasteiger partial charge in [0.15, 0.2) is 5.82 Å². The molecule has 1 atom stereocenters. The summed E-state index contributed by atoms with van der Waals surface area (Å²) in [5.74, 6) is 0.671. The highest BCUT2D eigenvalue weighted by molar-refractivity contribution is 7.80. The molecule has 5 N–H and O–H groups in total. The standard InChI is InChI=1S/C28H30N8O3S/c37-26(21-17-36(16-18-10-11-18)34-25(21)35-12-14-39-15-13-35)32-33-28(40)31-24-27(38)29-22-9-5-4-8-20(22)23(30-24)19-6-2-1-3-7-19/h1-9,17-18,24H,10-16H2,(H,29,38)(H,32,37)(H2,31,33,40)/p+1. The van der Waals surface area contributed by atoms with Crippen LogP contribution in [0.5, 0.6) is 0 Å². The van der Waals surface area contributed by atoms with Crippen molar-refractivity contribution in [1.29, 1.82) is 0 Å². The van der Waals surface area contributed by atoms with Gasteiger partial charge in [-0.15, -0.1) is 0 Å². The summed E-state index contributed by atoms with van der Waals surface area (Å²) < 4.78 is 7.35. The number of aliphatic imine (C=N–C) groups is 1. The van der Waals surface area contributed by atoms with Crippen molar-refractivity contribution in [2.45, 2.75) is 25.6 Å². The first-order valence-corrected chi connectivity index (χ1v) is 13.8. The van der Waals surface area contributed by atoms with E-state index in [-0.39, 0.29) is 16.9 Å². The van der Waals surface area contributed by atoms with Gasteiger partial charge in [-0.05, 0) is 37.0 Å². The van der Waals surface area contributed by atoms with Gasteiger partial charge < -0.3 is 20.3 Å². The van der Waals surface area contributed by atoms with Crippen LogP contribution in [-0.2, 0) is 16.1 Å². The number of amides is 2. The second-order valence-corrected chi connectivity index (χ2v) is 10.4. The van der Waals surface area contributed by atoms with Crippen molar-refractivity contribution >= 4 is 46.4 Å². The summed E-state index contributed by atoms with van der Waals surface area (Å²) in [6.07, 6.45) is 3.19. The smallest absolute Gasteiger partial charge is 0.372 e. The van der Waals surface area contributed by atoms with E-state index >= 15 is 0 Å². The lowest BCUT2D eigenvalue weighted by Crippen LogP contribution is -2.98. The van der Waals surface area contributed by atoms with Crippen LogP contribution in [-0.4, -0.2) is 64.9 Å². The minimum Gasteiger partial charge on any atom is -0.378 e. The molecule has 12 heteroatoms. The number of fused-ring (bicyclic) bond motifs is 1. The fourth-order valence-corrected chi connectivity index (χ4v) is 4.98. The van der Waals surface area contributed by atoms with Crippen molar-refractivity contribution in [3.8, 4) is 0 Å². The van der Waals surface area contributed by atoms with Crippen LogP contribution in [0.15, 0.2) is 65.8 Å². The number of morpholine rings is 1. The molecule has 3 aromatic rings. The molecular weight excluding hydrogens is 528 g/mol. The van der Waals surface area contributed by atoms with Crippen molar-refractivity contribution in [2.24, 2.45) is 10.9 Å². The molecule has 0 spiro atoms. The maximum atomic E-state index is 13.3. The Morgan fingerprint density at radius 3 is 2.62 bits per heavy atom. The van der Waals surface area contributed by atoms with E-state index in [4.69, 9.17) is 27.0 Å². The predicted octanol–water partition coefficient (Wildman–Crippen LogP) is 1.03. The zero-order valence-electron chi connectivity index (χ0n) is 21.9. The Hall–Kier alpha value is -4.13. The Kier molecular flexibility index (Phi) is 7.53. The molecule has 0 bridgehead atoms. The van der Waals surface area contributed by atoms with Crippen molar-refractivity contribution in [1.82, 2.24) is 20.5 Å². The number of rotatable bonds is 6. The molecule has 0 radical (unpaired) electrons. The molecule has 1 unspecified atom stereocenters. The van der Waals surface area contributed by atoms with Gasteiger partial charge in [-0.25, -0.2) is 15.2 Å². The number of anilines is 2. The van der Waals surface area contributed by atoms with Crippen LogP contribution in [0.3, 0.4) is 0 Å². The number of nitrogens with zero attached hydrogens (tertiary/aromatic N) is 4. The number of benzene rings is 2. The highest BCUT2D eigenvalue weighted by Crippen LogP contribution is 2.31. The number of nitrogens with two attached hydrogens (primary N) is 1. The normalized spacial score (nSPS) is 18.7. The molecule has 1 aromatic heterocycles. The zero-order valence-corrected chi connectivity index (χ0v) is 22.7. The number of hydrogen-bond acceptors (Lipinski definition) is 7. The maximum Gasteiger partial charge on any atom is 0.372 e. The number of carbonyl (C=O) groups is 2. The lowest BCUT2D eigenvalue weighted by atomic mass is 10.0. The van der Waals surface area contributed by atoms with Crippen LogP contribution in [0.2, 0.25) is 0 Å². The summed E-state index contributed by atoms with van der Waals surface area (Å²) in [4.78, 5) is 33.2. The molecule has 2 amide bonds. The van der Waals surface area contributed by atoms with Crippen molar-refractivity contribution in [2.75, 3.05) is 36.5 Å². The van der Waals surface area contributed by atoms with Gasteiger partial charge in [0.1, 0.15) is 5.56 Å². The second-order valence-electron chi connectivity index (χ2n) is 10.0. The molecule has 6 rings (SSSR count). The monoisotopic (exact) mass is 559 g/mol. The van der Waals surface area contributed by atoms with Gasteiger partial charge in [0.25, 0.3) is 5.91 Å². The number of ether oxygens (including phenoxy) is 1. The summed E-state index contributed by atoms with van der Waals surface area (Å²) >= 11 is 5.47. The fourth-order valence-electron chi connectivity index (χ4n) is 4.81. The number of carbonyl (C=O) groups excluding carboxylic acids is 2. The third-order valence-electron chi connectivity index (χ3n) is 7.06. The van der Waals surface area contributed by atoms with E-state index in [0.717, 1.165) is 17.7 Å². The molecule has 206 valence electrons. The van der Waals surface area contributed by atoms with E-state index in [1.54, 1.807) is 0 Å². The van der Waals surface area contributed by atoms with E-state index < -0.39 is 6.17 Å². The number of nitrogens with one attached hydrogen (secondary N) is 3. The summed E-state index contributed by atoms with van der Waals surface area (Å²) in [6.45, 7) is 3.35. The van der Waals surface area contributed by atoms with E-state index in [1.165, 1.54) is 18.3 Å². The van der Waals surface area contributed by atoms with Gasteiger partial charge in [0, 0.05) is 37.0 Å². The Morgan fingerprint density at radius 2 is 1.85 bits per heavy atom. The minimum atomic E-state index is -1.00. The lowest BCUT2D eigenvalue weighted by Gasteiger charge is -2.27. The van der Waals surface area contributed by atoms with Gasteiger partial charge in [0.2, 0.25) is 11.3 Å². The largest absolute Gasteiger partial charge is 0.378 e. The minimum absolute atomic E-state index is 0.105. The van der Waals surface area contributed by atoms with Gasteiger partial charge in [-0.1, -0.05) is 48.5 Å². The number of para-hydroxylation sites is 1. The molecule has 1 saturated heterocycles. The lowest BCUT2D eigenvalue weighted by molar-refractivity contribution is -0.599. The van der Waals surface area contributed by atoms with E-state index in [9.17, 15) is 9.59 Å². The van der Waals surface area contributed by atoms with E-state index in [0.29, 0.717) is 55.0 Å². The Labute approximate surface area is 236 Å². The highest BCUT2D eigenvalue weighted by atomic mass is 32.1. The van der Waals surface area contributed by atoms with Gasteiger partial charge in [-0.3, -0.25) is 9.48 Å². The summed E-state index contributed by atoms with van der Waals surface area (Å²) in [5.41, 5.74) is 7.68. The zero-order chi connectivity index (χ0) is 27.5. The number of aromatic nitrogens is 2. The van der Waals surface area contributed by atoms with Crippen LogP contribution in [0.25, 0.3) is 0 Å². The number of thiocarbonyl (C=S) groups is 1. The quantitative estimate of drug-likeness (QED) is 0.200. The van der Waals surface area contributed by atoms with E-state index in [1.807, 2.05) is 65.5 Å². The topological polar surface area (TPSA) is 129 Å². The van der Waals surface area contributed by atoms with Crippen LogP contribution in [0.4, 0.5) is 11.5 Å². The molecule has 2 fully saturated rings. The highest BCUT2D eigenvalue weighted by Gasteiger charge is 2.30. The first-order chi connectivity index (χ1) is 19.5. The Balaban J connectivity index is 1.16. The SMILES string of the molecule is O=C([NH2+]NC(=S)NC1N=C(c2ccccc2)c2ccccc2NC1=O)c1cn(CC2CC2)nc1N1CCOCC1. The Bertz CT molecular complexity index is 1450. The third-order valence-corrected chi connectivity index (χ3v) is 7.29. The van der Waals surface area contributed by atoms with Crippen molar-refractivity contribution in [3.63, 3.8) is 0 Å². The molecular formula is C28H31N8O3S+. The number of benzodiazepines with no additional fused rings is 1. The predicted molar refractivity (Wildman–Crippen MR) is 154 cm³/mol. The molecule has 3 heterocycles. The summed E-state index contributed by atoms with van der Waals surface area (Å²) in [5, 5.41) is 10.7. The van der Waals surface area contributed by atoms with Crippen molar-refractivity contribution < 1.29 is 19.8 Å². The number of primary amides is 1. The van der Waals surface area contributed by atoms with Crippen LogP contribution >= 0.6 is 12.2 Å². The molecule has 40 heavy (non-hydrogen) atoms. The molecule has 3 aliphatic rings. The average molecular weight is 560 g/mol. The maximum absolute atomic E-state index is 13.3. The molecule has 11 nitrogen and oxygen atoms in total. The molecule has 1 aliphatic carbocycles. The van der Waals surface area contributed by atoms with Crippen LogP contribution in [0.1, 0.15) is 34.3 Å². The second kappa shape index (κ2) is 11.5. The molecule has 1 saturated carbocycles. The van der Waals surface area contributed by atoms with Gasteiger partial charge in [0.05, 0.1) is 24.6 Å². The van der Waals surface area contributed by atoms with Crippen molar-refractivity contribution in [3.05, 3.63) is 77.5 Å². The molecule has 2 aliphatic heterocycles. The third kappa shape index (κ3) is 5.88.